The van der Waals surface area contributed by atoms with Crippen molar-refractivity contribution >= 4 is 21.9 Å². The van der Waals surface area contributed by atoms with Crippen LogP contribution < -0.4 is 5.32 Å². The molecule has 2 aromatic rings. The number of nitrogens with one attached hydrogen (secondary N) is 1. The molecule has 7 nitrogen and oxygen atoms in total. The van der Waals surface area contributed by atoms with Gasteiger partial charge in [0.05, 0.1) is 17.6 Å². The lowest BCUT2D eigenvalue weighted by atomic mass is 10.1. The highest BCUT2D eigenvalue weighted by molar-refractivity contribution is 7.86. The van der Waals surface area contributed by atoms with E-state index in [1.165, 1.54) is 12.1 Å². The third-order valence-electron chi connectivity index (χ3n) is 4.16. The maximum Gasteiger partial charge on any atom is 0.412 e. The Kier molecular flexibility index (Phi) is 8.00. The summed E-state index contributed by atoms with van der Waals surface area (Å²) in [7, 11) is -4.10. The number of carbonyl (C=O) groups excluding carboxylic acids is 1. The Bertz CT molecular complexity index is 951. The van der Waals surface area contributed by atoms with Gasteiger partial charge in [-0.1, -0.05) is 36.4 Å². The van der Waals surface area contributed by atoms with Gasteiger partial charge in [0.25, 0.3) is 10.1 Å². The topological polar surface area (TPSA) is 102 Å². The van der Waals surface area contributed by atoms with E-state index in [0.29, 0.717) is 24.1 Å². The van der Waals surface area contributed by atoms with Crippen molar-refractivity contribution in [2.24, 2.45) is 0 Å². The lowest BCUT2D eigenvalue weighted by Crippen LogP contribution is -2.27. The molecule has 0 heterocycles. The Labute approximate surface area is 178 Å². The van der Waals surface area contributed by atoms with Crippen molar-refractivity contribution in [3.05, 3.63) is 59.7 Å². The van der Waals surface area contributed by atoms with Gasteiger partial charge < -0.3 is 9.84 Å². The van der Waals surface area contributed by atoms with Gasteiger partial charge in [0.15, 0.2) is 0 Å². The number of aryl methyl sites for hydroxylation is 2. The number of aliphatic hydroxyl groups excluding tert-OH is 1. The van der Waals surface area contributed by atoms with E-state index in [1.807, 2.05) is 30.3 Å². The molecule has 0 spiro atoms. The summed E-state index contributed by atoms with van der Waals surface area (Å²) in [5.74, 6) is 0. The summed E-state index contributed by atoms with van der Waals surface area (Å²) in [5, 5.41) is 12.6. The van der Waals surface area contributed by atoms with Crippen molar-refractivity contribution in [2.75, 3.05) is 11.9 Å². The number of carbonyl (C=O) groups is 1. The fraction of sp³-hybridized carbons (Fsp3) is 0.409. The van der Waals surface area contributed by atoms with Crippen molar-refractivity contribution in [1.29, 1.82) is 0 Å². The molecular weight excluding hydrogens is 406 g/mol. The molecule has 0 aromatic heterocycles. The molecular formula is C22H29NO6S. The summed E-state index contributed by atoms with van der Waals surface area (Å²) >= 11 is 0. The van der Waals surface area contributed by atoms with E-state index in [2.05, 4.69) is 5.32 Å². The number of aliphatic hydroxyl groups is 1. The first-order valence-corrected chi connectivity index (χ1v) is 11.1. The van der Waals surface area contributed by atoms with Crippen LogP contribution in [0.5, 0.6) is 0 Å². The van der Waals surface area contributed by atoms with Gasteiger partial charge >= 0.3 is 6.09 Å². The predicted molar refractivity (Wildman–Crippen MR) is 115 cm³/mol. The molecule has 0 fully saturated rings. The number of anilines is 1. The van der Waals surface area contributed by atoms with Crippen molar-refractivity contribution < 1.29 is 27.2 Å². The lowest BCUT2D eigenvalue weighted by molar-refractivity contribution is 0.0635. The van der Waals surface area contributed by atoms with Crippen LogP contribution in [0, 0.1) is 6.92 Å². The Morgan fingerprint density at radius 2 is 1.80 bits per heavy atom. The Hall–Kier alpha value is -2.42. The maximum atomic E-state index is 12.5. The summed E-state index contributed by atoms with van der Waals surface area (Å²) in [6.07, 6.45) is -0.624. The van der Waals surface area contributed by atoms with Crippen LogP contribution >= 0.6 is 0 Å². The zero-order valence-electron chi connectivity index (χ0n) is 17.7. The van der Waals surface area contributed by atoms with Gasteiger partial charge in [-0.05, 0) is 63.8 Å². The number of benzene rings is 2. The van der Waals surface area contributed by atoms with Gasteiger partial charge in [0.2, 0.25) is 0 Å². The van der Waals surface area contributed by atoms with Crippen LogP contribution in [-0.4, -0.2) is 37.9 Å². The van der Waals surface area contributed by atoms with Gasteiger partial charge in [-0.2, -0.15) is 8.42 Å². The van der Waals surface area contributed by atoms with Gasteiger partial charge in [0.1, 0.15) is 5.60 Å². The molecule has 0 aliphatic rings. The van der Waals surface area contributed by atoms with Gasteiger partial charge in [0, 0.05) is 5.69 Å². The molecule has 0 saturated carbocycles. The first-order valence-electron chi connectivity index (χ1n) is 9.68. The van der Waals surface area contributed by atoms with Crippen LogP contribution in [0.1, 0.15) is 38.3 Å². The van der Waals surface area contributed by atoms with E-state index >= 15 is 0 Å². The molecule has 8 heteroatoms. The fourth-order valence-corrected chi connectivity index (χ4v) is 3.57. The van der Waals surface area contributed by atoms with Crippen LogP contribution in [0.3, 0.4) is 0 Å². The minimum absolute atomic E-state index is 0.116. The molecule has 1 amide bonds. The lowest BCUT2D eigenvalue weighted by Gasteiger charge is -2.20. The van der Waals surface area contributed by atoms with Crippen LogP contribution in [0.25, 0.3) is 0 Å². The molecule has 0 aliphatic heterocycles. The molecule has 2 N–H and O–H groups in total. The summed E-state index contributed by atoms with van der Waals surface area (Å²) in [4.78, 5) is 11.9. The number of hydrogen-bond acceptors (Lipinski definition) is 6. The second kappa shape index (κ2) is 10.1. The van der Waals surface area contributed by atoms with E-state index < -0.39 is 27.9 Å². The highest BCUT2D eigenvalue weighted by atomic mass is 32.2. The molecule has 0 saturated heterocycles. The monoisotopic (exact) mass is 435 g/mol. The molecule has 164 valence electrons. The normalized spacial score (nSPS) is 13.0. The van der Waals surface area contributed by atoms with E-state index in [-0.39, 0.29) is 11.5 Å². The Morgan fingerprint density at radius 3 is 2.43 bits per heavy atom. The molecule has 2 aromatic carbocycles. The Balaban J connectivity index is 1.98. The van der Waals surface area contributed by atoms with Gasteiger partial charge in [-0.3, -0.25) is 9.50 Å². The SMILES string of the molecule is Cc1ccc(S(=O)(=O)OC[C@H](O)CCc2ccccc2)cc1NC(=O)OC(C)(C)C. The van der Waals surface area contributed by atoms with E-state index in [4.69, 9.17) is 8.92 Å². The average Bonchev–Trinajstić information content (AvgIpc) is 2.65. The zero-order valence-corrected chi connectivity index (χ0v) is 18.5. The van der Waals surface area contributed by atoms with E-state index in [9.17, 15) is 18.3 Å². The van der Waals surface area contributed by atoms with Crippen LogP contribution in [0.2, 0.25) is 0 Å². The zero-order chi connectivity index (χ0) is 22.4. The molecule has 30 heavy (non-hydrogen) atoms. The molecule has 0 unspecified atom stereocenters. The van der Waals surface area contributed by atoms with Crippen molar-refractivity contribution in [2.45, 2.75) is 57.1 Å². The minimum Gasteiger partial charge on any atom is -0.444 e. The average molecular weight is 436 g/mol. The summed E-state index contributed by atoms with van der Waals surface area (Å²) in [6, 6.07) is 13.9. The van der Waals surface area contributed by atoms with Crippen LogP contribution in [0.15, 0.2) is 53.4 Å². The Morgan fingerprint density at radius 1 is 1.13 bits per heavy atom. The van der Waals surface area contributed by atoms with E-state index in [0.717, 1.165) is 5.56 Å². The third kappa shape index (κ3) is 7.78. The maximum absolute atomic E-state index is 12.5. The largest absolute Gasteiger partial charge is 0.444 e. The highest BCUT2D eigenvalue weighted by Gasteiger charge is 2.21. The molecule has 0 radical (unpaired) electrons. The predicted octanol–water partition coefficient (Wildman–Crippen LogP) is 4.04. The standard InChI is InChI=1S/C22H29NO6S/c1-16-10-13-19(14-20(16)23-21(25)29-22(2,3)4)30(26,27)28-15-18(24)12-11-17-8-6-5-7-9-17/h5-10,13-14,18,24H,11-12,15H2,1-4H3,(H,23,25)/t18-/m1/s1. The summed E-state index contributed by atoms with van der Waals surface area (Å²) in [5.41, 5.74) is 1.35. The van der Waals surface area contributed by atoms with Gasteiger partial charge in [-0.25, -0.2) is 4.79 Å². The molecule has 1 atom stereocenters. The minimum atomic E-state index is -4.10. The van der Waals surface area contributed by atoms with Crippen molar-refractivity contribution in [1.82, 2.24) is 0 Å². The molecule has 2 rings (SSSR count). The number of hydrogen-bond donors (Lipinski definition) is 2. The number of rotatable bonds is 8. The van der Waals surface area contributed by atoms with Gasteiger partial charge in [-0.15, -0.1) is 0 Å². The van der Waals surface area contributed by atoms with Crippen LogP contribution in [0.4, 0.5) is 10.5 Å². The number of amides is 1. The van der Waals surface area contributed by atoms with Crippen molar-refractivity contribution in [3.63, 3.8) is 0 Å². The summed E-state index contributed by atoms with van der Waals surface area (Å²) < 4.78 is 35.2. The molecule has 0 aliphatic carbocycles. The van der Waals surface area contributed by atoms with E-state index in [1.54, 1.807) is 33.8 Å². The first-order chi connectivity index (χ1) is 14.0. The first kappa shape index (κ1) is 23.9. The van der Waals surface area contributed by atoms with Crippen molar-refractivity contribution in [3.8, 4) is 0 Å². The summed E-state index contributed by atoms with van der Waals surface area (Å²) in [6.45, 7) is 6.58. The smallest absolute Gasteiger partial charge is 0.412 e. The second-order valence-electron chi connectivity index (χ2n) is 8.02. The second-order valence-corrected chi connectivity index (χ2v) is 9.64. The molecule has 0 bridgehead atoms. The fourth-order valence-electron chi connectivity index (χ4n) is 2.60. The number of ether oxygens (including phenoxy) is 1. The highest BCUT2D eigenvalue weighted by Crippen LogP contribution is 2.23. The quantitative estimate of drug-likeness (QED) is 0.607. The van der Waals surface area contributed by atoms with Crippen LogP contribution in [-0.2, 0) is 25.5 Å². The third-order valence-corrected chi connectivity index (χ3v) is 5.44.